The van der Waals surface area contributed by atoms with Crippen LogP contribution in [0.5, 0.6) is 0 Å². The number of piperidine rings is 1. The first kappa shape index (κ1) is 25.9. The monoisotopic (exact) mass is 552 g/mol. The second-order valence-corrected chi connectivity index (χ2v) is 8.80. The number of rotatable bonds is 5. The zero-order chi connectivity index (χ0) is 21.1. The smallest absolute Gasteiger partial charge is 0.356 e. The van der Waals surface area contributed by atoms with Crippen LogP contribution in [0, 0.1) is 19.8 Å². The number of guanidine groups is 1. The van der Waals surface area contributed by atoms with Crippen LogP contribution in [0.3, 0.4) is 0 Å². The molecule has 1 aliphatic rings. The van der Waals surface area contributed by atoms with Crippen molar-refractivity contribution < 1.29 is 21.6 Å². The molecule has 0 aliphatic carbocycles. The lowest BCUT2D eigenvalue weighted by molar-refractivity contribution is -0.0496. The molecule has 0 aromatic carbocycles. The maximum atomic E-state index is 12.6. The standard InChI is InChI=1S/C16H27F3N6O2S.HI/c1-11-14(12(2)24(4)23-11)10-22-15(20-3)21-9-13-5-7-25(8-6-13)28(26,27)16(17,18)19;/h13H,5-10H2,1-4H3,(H2,20,21,22);1H. The Morgan fingerprint density at radius 1 is 1.24 bits per heavy atom. The van der Waals surface area contributed by atoms with Crippen molar-refractivity contribution >= 4 is 40.0 Å². The van der Waals surface area contributed by atoms with E-state index in [2.05, 4.69) is 20.7 Å². The number of aliphatic imine (C=N–C) groups is 1. The molecule has 29 heavy (non-hydrogen) atoms. The fourth-order valence-corrected chi connectivity index (χ4v) is 4.19. The van der Waals surface area contributed by atoms with Gasteiger partial charge in [0, 0.05) is 51.5 Å². The van der Waals surface area contributed by atoms with Gasteiger partial charge in [-0.1, -0.05) is 0 Å². The molecule has 2 heterocycles. The first-order chi connectivity index (χ1) is 13.0. The van der Waals surface area contributed by atoms with Gasteiger partial charge >= 0.3 is 15.5 Å². The van der Waals surface area contributed by atoms with Crippen LogP contribution in [0.2, 0.25) is 0 Å². The van der Waals surface area contributed by atoms with Crippen LogP contribution >= 0.6 is 24.0 Å². The average Bonchev–Trinajstić information content (AvgIpc) is 2.87. The quantitative estimate of drug-likeness (QED) is 0.331. The van der Waals surface area contributed by atoms with Crippen LogP contribution in [0.15, 0.2) is 4.99 Å². The normalized spacial score (nSPS) is 17.1. The number of hydrogen-bond acceptors (Lipinski definition) is 4. The molecule has 1 aliphatic heterocycles. The number of nitrogens with zero attached hydrogens (tertiary/aromatic N) is 4. The van der Waals surface area contributed by atoms with Gasteiger partial charge in [-0.25, -0.2) is 8.42 Å². The summed E-state index contributed by atoms with van der Waals surface area (Å²) in [6.45, 7) is 4.71. The van der Waals surface area contributed by atoms with Crippen molar-refractivity contribution in [2.45, 2.75) is 38.7 Å². The molecule has 0 radical (unpaired) electrons. The van der Waals surface area contributed by atoms with Crippen LogP contribution < -0.4 is 10.6 Å². The Morgan fingerprint density at radius 3 is 2.28 bits per heavy atom. The fourth-order valence-electron chi connectivity index (χ4n) is 3.21. The Kier molecular flexibility index (Phi) is 9.20. The third-order valence-electron chi connectivity index (χ3n) is 5.08. The van der Waals surface area contributed by atoms with E-state index < -0.39 is 15.5 Å². The molecular weight excluding hydrogens is 524 g/mol. The molecule has 1 aromatic rings. The number of hydrogen-bond donors (Lipinski definition) is 2. The van der Waals surface area contributed by atoms with Gasteiger partial charge < -0.3 is 10.6 Å². The molecule has 0 bridgehead atoms. The van der Waals surface area contributed by atoms with E-state index in [-0.39, 0.29) is 43.0 Å². The molecule has 0 amide bonds. The van der Waals surface area contributed by atoms with Crippen LogP contribution in [0.4, 0.5) is 13.2 Å². The molecule has 0 atom stereocenters. The summed E-state index contributed by atoms with van der Waals surface area (Å²) in [5, 5.41) is 10.7. The lowest BCUT2D eigenvalue weighted by atomic mass is 9.98. The van der Waals surface area contributed by atoms with Crippen molar-refractivity contribution in [3.8, 4) is 0 Å². The van der Waals surface area contributed by atoms with Gasteiger partial charge in [0.2, 0.25) is 0 Å². The predicted octanol–water partition coefficient (Wildman–Crippen LogP) is 1.88. The van der Waals surface area contributed by atoms with Crippen LogP contribution in [0.1, 0.15) is 29.8 Å². The Labute approximate surface area is 186 Å². The van der Waals surface area contributed by atoms with E-state index in [0.29, 0.717) is 36.2 Å². The van der Waals surface area contributed by atoms with Crippen LogP contribution in [-0.4, -0.2) is 60.7 Å². The number of nitrogens with one attached hydrogen (secondary N) is 2. The Balaban J connectivity index is 0.00000420. The van der Waals surface area contributed by atoms with E-state index in [1.54, 1.807) is 7.05 Å². The van der Waals surface area contributed by atoms with Crippen molar-refractivity contribution in [3.63, 3.8) is 0 Å². The van der Waals surface area contributed by atoms with E-state index in [9.17, 15) is 21.6 Å². The third-order valence-corrected chi connectivity index (χ3v) is 6.71. The van der Waals surface area contributed by atoms with Crippen molar-refractivity contribution in [3.05, 3.63) is 17.0 Å². The minimum Gasteiger partial charge on any atom is -0.356 e. The van der Waals surface area contributed by atoms with Gasteiger partial charge in [0.05, 0.1) is 5.69 Å². The fraction of sp³-hybridized carbons (Fsp3) is 0.750. The lowest BCUT2D eigenvalue weighted by Crippen LogP contribution is -2.47. The number of alkyl halides is 3. The first-order valence-corrected chi connectivity index (χ1v) is 10.4. The molecule has 0 spiro atoms. The SMILES string of the molecule is CN=C(NCc1c(C)nn(C)c1C)NCC1CCN(S(=O)(=O)C(F)(F)F)CC1.I. The number of aryl methyl sites for hydroxylation is 2. The van der Waals surface area contributed by atoms with Crippen molar-refractivity contribution in [1.82, 2.24) is 24.7 Å². The molecular formula is C16H28F3IN6O2S. The number of sulfonamides is 1. The summed E-state index contributed by atoms with van der Waals surface area (Å²) in [6, 6.07) is 0. The predicted molar refractivity (Wildman–Crippen MR) is 116 cm³/mol. The maximum absolute atomic E-state index is 12.6. The Morgan fingerprint density at radius 2 is 1.83 bits per heavy atom. The molecule has 8 nitrogen and oxygen atoms in total. The molecule has 1 fully saturated rings. The molecule has 168 valence electrons. The van der Waals surface area contributed by atoms with Gasteiger partial charge in [0.25, 0.3) is 0 Å². The molecule has 0 unspecified atom stereocenters. The van der Waals surface area contributed by atoms with Gasteiger partial charge in [-0.2, -0.15) is 22.6 Å². The van der Waals surface area contributed by atoms with E-state index in [1.165, 1.54) is 0 Å². The third kappa shape index (κ3) is 6.20. The summed E-state index contributed by atoms with van der Waals surface area (Å²) < 4.78 is 63.1. The first-order valence-electron chi connectivity index (χ1n) is 8.97. The van der Waals surface area contributed by atoms with E-state index >= 15 is 0 Å². The highest BCUT2D eigenvalue weighted by Gasteiger charge is 2.50. The summed E-state index contributed by atoms with van der Waals surface area (Å²) in [6.07, 6.45) is 0.722. The molecule has 0 saturated carbocycles. The highest BCUT2D eigenvalue weighted by molar-refractivity contribution is 14.0. The summed E-state index contributed by atoms with van der Waals surface area (Å²) >= 11 is 0. The highest BCUT2D eigenvalue weighted by atomic mass is 127. The minimum atomic E-state index is -5.24. The van der Waals surface area contributed by atoms with E-state index in [4.69, 9.17) is 0 Å². The van der Waals surface area contributed by atoms with Gasteiger partial charge in [-0.3, -0.25) is 9.67 Å². The number of aromatic nitrogens is 2. The zero-order valence-electron chi connectivity index (χ0n) is 16.9. The van der Waals surface area contributed by atoms with Crippen LogP contribution in [0.25, 0.3) is 0 Å². The van der Waals surface area contributed by atoms with Gasteiger partial charge in [0.15, 0.2) is 5.96 Å². The lowest BCUT2D eigenvalue weighted by Gasteiger charge is -2.31. The summed E-state index contributed by atoms with van der Waals surface area (Å²) in [5.41, 5.74) is -2.18. The van der Waals surface area contributed by atoms with Gasteiger partial charge in [0.1, 0.15) is 0 Å². The molecule has 2 rings (SSSR count). The zero-order valence-corrected chi connectivity index (χ0v) is 20.0. The molecule has 1 aromatic heterocycles. The highest BCUT2D eigenvalue weighted by Crippen LogP contribution is 2.30. The summed E-state index contributed by atoms with van der Waals surface area (Å²) in [7, 11) is -1.72. The Bertz CT molecular complexity index is 817. The van der Waals surface area contributed by atoms with Crippen molar-refractivity contribution in [2.24, 2.45) is 18.0 Å². The second-order valence-electron chi connectivity index (χ2n) is 6.87. The minimum absolute atomic E-state index is 0. The molecule has 2 N–H and O–H groups in total. The van der Waals surface area contributed by atoms with Crippen molar-refractivity contribution in [2.75, 3.05) is 26.7 Å². The molecule has 13 heteroatoms. The number of halogens is 4. The van der Waals surface area contributed by atoms with Crippen molar-refractivity contribution in [1.29, 1.82) is 0 Å². The maximum Gasteiger partial charge on any atom is 0.511 e. The molecule has 1 saturated heterocycles. The second kappa shape index (κ2) is 10.3. The van der Waals surface area contributed by atoms with E-state index in [1.807, 2.05) is 25.6 Å². The van der Waals surface area contributed by atoms with Crippen LogP contribution in [-0.2, 0) is 23.6 Å². The van der Waals surface area contributed by atoms with E-state index in [0.717, 1.165) is 17.0 Å². The Hall–Kier alpha value is -1.09. The summed E-state index contributed by atoms with van der Waals surface area (Å²) in [5.74, 6) is 0.646. The van der Waals surface area contributed by atoms with Gasteiger partial charge in [-0.15, -0.1) is 24.0 Å². The average molecular weight is 552 g/mol. The summed E-state index contributed by atoms with van der Waals surface area (Å²) in [4.78, 5) is 4.15. The topological polar surface area (TPSA) is 91.6 Å². The van der Waals surface area contributed by atoms with Gasteiger partial charge in [-0.05, 0) is 32.6 Å². The largest absolute Gasteiger partial charge is 0.511 e.